The lowest BCUT2D eigenvalue weighted by atomic mass is 9.98. The molecule has 0 bridgehead atoms. The summed E-state index contributed by atoms with van der Waals surface area (Å²) < 4.78 is 0. The molecule has 0 saturated heterocycles. The molecular weight excluding hydrogens is 332 g/mol. The largest absolute Gasteiger partial charge is 0.345 e. The van der Waals surface area contributed by atoms with E-state index >= 15 is 0 Å². The van der Waals surface area contributed by atoms with Gasteiger partial charge in [-0.3, -0.25) is 19.2 Å². The molecule has 24 heavy (non-hydrogen) atoms. The summed E-state index contributed by atoms with van der Waals surface area (Å²) in [5.41, 5.74) is 0.807. The van der Waals surface area contributed by atoms with Crippen LogP contribution in [0.25, 0.3) is 0 Å². The molecule has 2 N–H and O–H groups in total. The summed E-state index contributed by atoms with van der Waals surface area (Å²) >= 11 is 5.51. The van der Waals surface area contributed by atoms with E-state index in [0.29, 0.717) is 0 Å². The lowest BCUT2D eigenvalue weighted by Gasteiger charge is -2.20. The van der Waals surface area contributed by atoms with E-state index < -0.39 is 29.6 Å². The van der Waals surface area contributed by atoms with Crippen molar-refractivity contribution in [3.63, 3.8) is 0 Å². The van der Waals surface area contributed by atoms with Gasteiger partial charge in [0, 0.05) is 25.6 Å². The maximum atomic E-state index is 12.3. The summed E-state index contributed by atoms with van der Waals surface area (Å²) in [4.78, 5) is 47.3. The molecule has 0 fully saturated rings. The zero-order valence-electron chi connectivity index (χ0n) is 13.7. The van der Waals surface area contributed by atoms with Gasteiger partial charge in [-0.15, -0.1) is 11.6 Å². The van der Waals surface area contributed by atoms with Gasteiger partial charge in [-0.25, -0.2) is 0 Å². The molecule has 6 nitrogen and oxygen atoms in total. The van der Waals surface area contributed by atoms with Crippen molar-refractivity contribution in [1.82, 2.24) is 10.6 Å². The molecule has 2 atom stereocenters. The lowest BCUT2D eigenvalue weighted by Crippen LogP contribution is -2.52. The molecule has 130 valence electrons. The average molecular weight is 353 g/mol. The van der Waals surface area contributed by atoms with Crippen LogP contribution in [0.15, 0.2) is 30.3 Å². The summed E-state index contributed by atoms with van der Waals surface area (Å²) in [5, 5.41) is 4.98. The third-order valence-corrected chi connectivity index (χ3v) is 3.51. The van der Waals surface area contributed by atoms with Crippen LogP contribution in [-0.2, 0) is 25.6 Å². The summed E-state index contributed by atoms with van der Waals surface area (Å²) in [6.45, 7) is 2.79. The lowest BCUT2D eigenvalue weighted by molar-refractivity contribution is -0.139. The highest BCUT2D eigenvalue weighted by Gasteiger charge is 2.28. The number of Topliss-reactive ketones (excluding diaryl/α,β-unsaturated/α-hetero) is 2. The van der Waals surface area contributed by atoms with Crippen molar-refractivity contribution in [3.05, 3.63) is 35.9 Å². The van der Waals surface area contributed by atoms with Crippen molar-refractivity contribution in [3.8, 4) is 0 Å². The Morgan fingerprint density at radius 1 is 1.08 bits per heavy atom. The van der Waals surface area contributed by atoms with Gasteiger partial charge in [0.15, 0.2) is 0 Å². The Labute approximate surface area is 145 Å². The average Bonchev–Trinajstić information content (AvgIpc) is 2.54. The second kappa shape index (κ2) is 9.82. The summed E-state index contributed by atoms with van der Waals surface area (Å²) in [5.74, 6) is -2.17. The van der Waals surface area contributed by atoms with Crippen molar-refractivity contribution in [2.24, 2.45) is 0 Å². The van der Waals surface area contributed by atoms with Gasteiger partial charge in [-0.1, -0.05) is 30.3 Å². The molecule has 0 aliphatic heterocycles. The number of alkyl halides is 1. The zero-order chi connectivity index (χ0) is 18.1. The molecule has 0 radical (unpaired) electrons. The fourth-order valence-electron chi connectivity index (χ4n) is 2.13. The van der Waals surface area contributed by atoms with Crippen LogP contribution in [0.3, 0.4) is 0 Å². The molecular formula is C17H21ClN2O4. The number of benzene rings is 1. The van der Waals surface area contributed by atoms with Gasteiger partial charge in [0.1, 0.15) is 6.04 Å². The van der Waals surface area contributed by atoms with Gasteiger partial charge >= 0.3 is 0 Å². The topological polar surface area (TPSA) is 92.3 Å². The second-order valence-corrected chi connectivity index (χ2v) is 5.78. The minimum atomic E-state index is -0.994. The predicted molar refractivity (Wildman–Crippen MR) is 90.7 cm³/mol. The predicted octanol–water partition coefficient (Wildman–Crippen LogP) is 1.01. The summed E-state index contributed by atoms with van der Waals surface area (Å²) in [6.07, 6.45) is 0.106. The van der Waals surface area contributed by atoms with E-state index in [4.69, 9.17) is 11.6 Å². The zero-order valence-corrected chi connectivity index (χ0v) is 14.4. The van der Waals surface area contributed by atoms with Crippen LogP contribution in [0.2, 0.25) is 0 Å². The van der Waals surface area contributed by atoms with Crippen LogP contribution >= 0.6 is 11.6 Å². The van der Waals surface area contributed by atoms with Gasteiger partial charge < -0.3 is 10.6 Å². The fraction of sp³-hybridized carbons (Fsp3) is 0.412. The van der Waals surface area contributed by atoms with Gasteiger partial charge in [-0.05, 0) is 12.5 Å². The van der Waals surface area contributed by atoms with Crippen molar-refractivity contribution in [2.45, 2.75) is 38.8 Å². The van der Waals surface area contributed by atoms with Crippen LogP contribution in [0, 0.1) is 0 Å². The Balaban J connectivity index is 2.88. The number of hydrogen-bond acceptors (Lipinski definition) is 4. The van der Waals surface area contributed by atoms with Crippen molar-refractivity contribution < 1.29 is 19.2 Å². The minimum Gasteiger partial charge on any atom is -0.345 e. The first-order valence-electron chi connectivity index (χ1n) is 7.59. The number of halogens is 1. The molecule has 1 aromatic carbocycles. The standard InChI is InChI=1S/C17H21ClN2O4/c1-11(19-12(2)21)17(24)20-14(16(23)15(22)8-9-18)10-13-6-4-3-5-7-13/h3-7,11,14H,8-10H2,1-2H3,(H,19,21)(H,20,24). The highest BCUT2D eigenvalue weighted by Crippen LogP contribution is 2.06. The number of amides is 2. The smallest absolute Gasteiger partial charge is 0.242 e. The third-order valence-electron chi connectivity index (χ3n) is 3.33. The maximum absolute atomic E-state index is 12.3. The number of rotatable bonds is 9. The van der Waals surface area contributed by atoms with Crippen LogP contribution in [0.1, 0.15) is 25.8 Å². The Bertz CT molecular complexity index is 604. The fourth-order valence-corrected chi connectivity index (χ4v) is 2.30. The Hall–Kier alpha value is -2.21. The first kappa shape index (κ1) is 19.8. The van der Waals surface area contributed by atoms with Crippen molar-refractivity contribution >= 4 is 35.0 Å². The quantitative estimate of drug-likeness (QED) is 0.512. The number of ketones is 2. The number of carbonyl (C=O) groups excluding carboxylic acids is 4. The van der Waals surface area contributed by atoms with Gasteiger partial charge in [0.2, 0.25) is 23.4 Å². The molecule has 0 aliphatic rings. The normalized spacial score (nSPS) is 12.8. The van der Waals surface area contributed by atoms with E-state index in [1.54, 1.807) is 24.3 Å². The van der Waals surface area contributed by atoms with E-state index in [9.17, 15) is 19.2 Å². The van der Waals surface area contributed by atoms with Gasteiger partial charge in [0.05, 0.1) is 6.04 Å². The summed E-state index contributed by atoms with van der Waals surface area (Å²) in [7, 11) is 0. The molecule has 0 heterocycles. The van der Waals surface area contributed by atoms with E-state index in [2.05, 4.69) is 10.6 Å². The van der Waals surface area contributed by atoms with E-state index in [1.807, 2.05) is 6.07 Å². The van der Waals surface area contributed by atoms with E-state index in [0.717, 1.165) is 5.56 Å². The SMILES string of the molecule is CC(=O)NC(C)C(=O)NC(Cc1ccccc1)C(=O)C(=O)CCCl. The van der Waals surface area contributed by atoms with Gasteiger partial charge in [-0.2, -0.15) is 0 Å². The monoisotopic (exact) mass is 352 g/mol. The molecule has 2 amide bonds. The molecule has 0 spiro atoms. The molecule has 0 saturated carbocycles. The second-order valence-electron chi connectivity index (χ2n) is 5.40. The Morgan fingerprint density at radius 3 is 2.25 bits per heavy atom. The van der Waals surface area contributed by atoms with Crippen LogP contribution in [0.4, 0.5) is 0 Å². The first-order chi connectivity index (χ1) is 11.3. The van der Waals surface area contributed by atoms with E-state index in [-0.39, 0.29) is 24.6 Å². The van der Waals surface area contributed by atoms with Crippen LogP contribution in [0.5, 0.6) is 0 Å². The highest BCUT2D eigenvalue weighted by molar-refractivity contribution is 6.40. The van der Waals surface area contributed by atoms with Gasteiger partial charge in [0.25, 0.3) is 0 Å². The van der Waals surface area contributed by atoms with Crippen LogP contribution in [-0.4, -0.2) is 41.3 Å². The number of nitrogens with one attached hydrogen (secondary N) is 2. The van der Waals surface area contributed by atoms with Crippen molar-refractivity contribution in [1.29, 1.82) is 0 Å². The Kier molecular flexibility index (Phi) is 8.12. The summed E-state index contributed by atoms with van der Waals surface area (Å²) in [6, 6.07) is 7.24. The maximum Gasteiger partial charge on any atom is 0.242 e. The third kappa shape index (κ3) is 6.50. The highest BCUT2D eigenvalue weighted by atomic mass is 35.5. The first-order valence-corrected chi connectivity index (χ1v) is 8.13. The van der Waals surface area contributed by atoms with Crippen molar-refractivity contribution in [2.75, 3.05) is 5.88 Å². The van der Waals surface area contributed by atoms with Crippen LogP contribution < -0.4 is 10.6 Å². The number of hydrogen-bond donors (Lipinski definition) is 2. The molecule has 2 unspecified atom stereocenters. The molecule has 1 aromatic rings. The minimum absolute atomic E-state index is 0.0405. The Morgan fingerprint density at radius 2 is 1.71 bits per heavy atom. The van der Waals surface area contributed by atoms with E-state index in [1.165, 1.54) is 13.8 Å². The molecule has 1 rings (SSSR count). The molecule has 0 aromatic heterocycles. The molecule has 7 heteroatoms. The number of carbonyl (C=O) groups is 4. The molecule has 0 aliphatic carbocycles.